The second-order valence-corrected chi connectivity index (χ2v) is 5.60. The number of methoxy groups -OCH3 is 1. The minimum Gasteiger partial charge on any atom is -0.496 e. The van der Waals surface area contributed by atoms with E-state index in [1.54, 1.807) is 18.0 Å². The maximum Gasteiger partial charge on any atom is 0.133 e. The number of rotatable bonds is 3. The summed E-state index contributed by atoms with van der Waals surface area (Å²) in [4.78, 5) is 0. The predicted molar refractivity (Wildman–Crippen MR) is 81.4 cm³/mol. The van der Waals surface area contributed by atoms with Gasteiger partial charge >= 0.3 is 0 Å². The van der Waals surface area contributed by atoms with Gasteiger partial charge in [-0.2, -0.15) is 5.10 Å². The molecule has 0 bridgehead atoms. The Labute approximate surface area is 121 Å². The second kappa shape index (κ2) is 5.25. The van der Waals surface area contributed by atoms with Gasteiger partial charge < -0.3 is 10.5 Å². The molecule has 0 amide bonds. The van der Waals surface area contributed by atoms with Crippen molar-refractivity contribution in [2.24, 2.45) is 7.05 Å². The number of nitrogens with two attached hydrogens (primary N) is 1. The lowest BCUT2D eigenvalue weighted by molar-refractivity contribution is 0.411. The lowest BCUT2D eigenvalue weighted by Crippen LogP contribution is -1.99. The van der Waals surface area contributed by atoms with Crippen LogP contribution in [0, 0.1) is 0 Å². The van der Waals surface area contributed by atoms with Crippen molar-refractivity contribution < 1.29 is 4.74 Å². The van der Waals surface area contributed by atoms with Crippen LogP contribution in [0.5, 0.6) is 5.75 Å². The third kappa shape index (κ3) is 2.47. The molecule has 102 valence electrons. The topological polar surface area (TPSA) is 53.1 Å². The van der Waals surface area contributed by atoms with E-state index in [0.717, 1.165) is 21.3 Å². The number of halogens is 1. The molecule has 1 aromatic carbocycles. The van der Waals surface area contributed by atoms with Gasteiger partial charge in [-0.3, -0.25) is 4.68 Å². The zero-order valence-electron chi connectivity index (χ0n) is 11.6. The van der Waals surface area contributed by atoms with Crippen LogP contribution in [0.15, 0.2) is 22.8 Å². The monoisotopic (exact) mass is 323 g/mol. The van der Waals surface area contributed by atoms with Crippen LogP contribution in [0.4, 0.5) is 5.82 Å². The van der Waals surface area contributed by atoms with E-state index in [4.69, 9.17) is 10.5 Å². The van der Waals surface area contributed by atoms with Gasteiger partial charge in [-0.1, -0.05) is 13.8 Å². The maximum atomic E-state index is 6.06. The first kappa shape index (κ1) is 13.9. The Kier molecular flexibility index (Phi) is 3.85. The quantitative estimate of drug-likeness (QED) is 0.939. The van der Waals surface area contributed by atoms with E-state index in [-0.39, 0.29) is 0 Å². The first-order valence-electron chi connectivity index (χ1n) is 6.11. The molecule has 2 rings (SSSR count). The zero-order valence-corrected chi connectivity index (χ0v) is 13.2. The molecule has 1 heterocycles. The van der Waals surface area contributed by atoms with Crippen molar-refractivity contribution in [3.05, 3.63) is 28.4 Å². The molecule has 5 heteroatoms. The summed E-state index contributed by atoms with van der Waals surface area (Å²) < 4.78 is 7.99. The number of hydrogen-bond donors (Lipinski definition) is 1. The molecule has 0 atom stereocenters. The lowest BCUT2D eigenvalue weighted by Gasteiger charge is -2.14. The first-order chi connectivity index (χ1) is 8.95. The number of hydrogen-bond acceptors (Lipinski definition) is 3. The van der Waals surface area contributed by atoms with Gasteiger partial charge in [0.05, 0.1) is 17.8 Å². The molecule has 0 unspecified atom stereocenters. The maximum absolute atomic E-state index is 6.06. The van der Waals surface area contributed by atoms with Gasteiger partial charge in [0.2, 0.25) is 0 Å². The van der Waals surface area contributed by atoms with Crippen LogP contribution in [-0.4, -0.2) is 16.9 Å². The van der Waals surface area contributed by atoms with Crippen molar-refractivity contribution in [3.8, 4) is 16.9 Å². The molecule has 0 saturated heterocycles. The number of nitrogens with zero attached hydrogens (tertiary/aromatic N) is 2. The fraction of sp³-hybridized carbons (Fsp3) is 0.357. The molecule has 0 aliphatic heterocycles. The van der Waals surface area contributed by atoms with Crippen LogP contribution in [0.25, 0.3) is 11.1 Å². The minimum atomic E-state index is 0.415. The van der Waals surface area contributed by atoms with Crippen molar-refractivity contribution in [2.45, 2.75) is 19.8 Å². The molecule has 0 spiro atoms. The third-order valence-electron chi connectivity index (χ3n) is 3.22. The van der Waals surface area contributed by atoms with Crippen molar-refractivity contribution >= 4 is 21.7 Å². The van der Waals surface area contributed by atoms with E-state index < -0.39 is 0 Å². The molecule has 2 aromatic rings. The van der Waals surface area contributed by atoms with Gasteiger partial charge in [0, 0.05) is 18.2 Å². The smallest absolute Gasteiger partial charge is 0.133 e. The zero-order chi connectivity index (χ0) is 14.2. The highest BCUT2D eigenvalue weighted by Crippen LogP contribution is 2.40. The Hall–Kier alpha value is -1.49. The van der Waals surface area contributed by atoms with Gasteiger partial charge in [-0.05, 0) is 39.5 Å². The molecule has 0 saturated carbocycles. The average Bonchev–Trinajstić information content (AvgIpc) is 2.70. The van der Waals surface area contributed by atoms with Gasteiger partial charge in [0.15, 0.2) is 0 Å². The van der Waals surface area contributed by atoms with Crippen LogP contribution >= 0.6 is 15.9 Å². The second-order valence-electron chi connectivity index (χ2n) is 4.81. The highest BCUT2D eigenvalue weighted by molar-refractivity contribution is 9.10. The third-order valence-corrected chi connectivity index (χ3v) is 4.04. The van der Waals surface area contributed by atoms with Crippen molar-refractivity contribution in [3.63, 3.8) is 0 Å². The van der Waals surface area contributed by atoms with Crippen molar-refractivity contribution in [2.75, 3.05) is 12.8 Å². The number of nitrogen functional groups attached to an aromatic ring is 1. The largest absolute Gasteiger partial charge is 0.496 e. The predicted octanol–water partition coefficient (Wildman–Crippen LogP) is 3.56. The summed E-state index contributed by atoms with van der Waals surface area (Å²) in [6, 6.07) is 4.18. The van der Waals surface area contributed by atoms with E-state index >= 15 is 0 Å². The number of aryl methyl sites for hydroxylation is 1. The summed E-state index contributed by atoms with van der Waals surface area (Å²) in [5.74, 6) is 1.87. The standard InChI is InChI=1S/C14H18BrN3O/c1-8(2)9-5-10(13(15)12(6-9)19-4)11-7-17-18(3)14(11)16/h5-8H,16H2,1-4H3. The molecule has 2 N–H and O–H groups in total. The fourth-order valence-electron chi connectivity index (χ4n) is 1.95. The molecule has 0 aliphatic rings. The van der Waals surface area contributed by atoms with Crippen LogP contribution in [0.3, 0.4) is 0 Å². The van der Waals surface area contributed by atoms with E-state index in [1.807, 2.05) is 13.1 Å². The summed E-state index contributed by atoms with van der Waals surface area (Å²) in [5.41, 5.74) is 9.19. The number of ether oxygens (including phenoxy) is 1. The SMILES string of the molecule is COc1cc(C(C)C)cc(-c2cnn(C)c2N)c1Br. The van der Waals surface area contributed by atoms with Crippen LogP contribution in [-0.2, 0) is 7.05 Å². The van der Waals surface area contributed by atoms with Crippen LogP contribution < -0.4 is 10.5 Å². The Bertz CT molecular complexity index is 605. The van der Waals surface area contributed by atoms with Crippen molar-refractivity contribution in [1.82, 2.24) is 9.78 Å². The summed E-state index contributed by atoms with van der Waals surface area (Å²) in [5, 5.41) is 4.19. The molecule has 0 radical (unpaired) electrons. The number of benzene rings is 1. The number of anilines is 1. The Morgan fingerprint density at radius 1 is 1.32 bits per heavy atom. The van der Waals surface area contributed by atoms with Crippen LogP contribution in [0.1, 0.15) is 25.3 Å². The summed E-state index contributed by atoms with van der Waals surface area (Å²) in [7, 11) is 3.50. The Morgan fingerprint density at radius 3 is 2.47 bits per heavy atom. The molecule has 0 fully saturated rings. The van der Waals surface area contributed by atoms with E-state index in [9.17, 15) is 0 Å². The molecule has 19 heavy (non-hydrogen) atoms. The minimum absolute atomic E-state index is 0.415. The fourth-order valence-corrected chi connectivity index (χ4v) is 2.56. The normalized spacial score (nSPS) is 11.1. The van der Waals surface area contributed by atoms with Crippen LogP contribution in [0.2, 0.25) is 0 Å². The molecule has 4 nitrogen and oxygen atoms in total. The summed E-state index contributed by atoms with van der Waals surface area (Å²) in [6.45, 7) is 4.30. The first-order valence-corrected chi connectivity index (χ1v) is 6.90. The number of aromatic nitrogens is 2. The van der Waals surface area contributed by atoms with Gasteiger partial charge in [0.1, 0.15) is 11.6 Å². The Morgan fingerprint density at radius 2 is 2.00 bits per heavy atom. The molecular formula is C14H18BrN3O. The van der Waals surface area contributed by atoms with Crippen molar-refractivity contribution in [1.29, 1.82) is 0 Å². The van der Waals surface area contributed by atoms with Gasteiger partial charge in [0.25, 0.3) is 0 Å². The summed E-state index contributed by atoms with van der Waals surface area (Å²) >= 11 is 3.59. The summed E-state index contributed by atoms with van der Waals surface area (Å²) in [6.07, 6.45) is 1.78. The highest BCUT2D eigenvalue weighted by Gasteiger charge is 2.16. The lowest BCUT2D eigenvalue weighted by atomic mass is 9.98. The van der Waals surface area contributed by atoms with E-state index in [1.165, 1.54) is 5.56 Å². The Balaban J connectivity index is 2.68. The van der Waals surface area contributed by atoms with E-state index in [2.05, 4.69) is 40.9 Å². The van der Waals surface area contributed by atoms with Gasteiger partial charge in [-0.25, -0.2) is 0 Å². The molecular weight excluding hydrogens is 306 g/mol. The average molecular weight is 324 g/mol. The molecule has 0 aliphatic carbocycles. The van der Waals surface area contributed by atoms with Gasteiger partial charge in [-0.15, -0.1) is 0 Å². The molecule has 1 aromatic heterocycles. The highest BCUT2D eigenvalue weighted by atomic mass is 79.9. The van der Waals surface area contributed by atoms with E-state index in [0.29, 0.717) is 11.7 Å².